The molecular formula is C8H10N2O5S3. The Morgan fingerprint density at radius 2 is 2.11 bits per heavy atom. The number of hydrogen-bond acceptors (Lipinski definition) is 6. The van der Waals surface area contributed by atoms with Crippen LogP contribution in [0.25, 0.3) is 0 Å². The Balaban J connectivity index is 2.72. The number of primary sulfonamides is 1. The molecular weight excluding hydrogens is 300 g/mol. The number of sulfonamides is 1. The maximum atomic E-state index is 12.0. The van der Waals surface area contributed by atoms with Gasteiger partial charge in [0.2, 0.25) is 10.0 Å². The predicted molar refractivity (Wildman–Crippen MR) is 64.7 cm³/mol. The molecule has 18 heavy (non-hydrogen) atoms. The van der Waals surface area contributed by atoms with Crippen molar-refractivity contribution in [3.05, 3.63) is 11.6 Å². The van der Waals surface area contributed by atoms with Crippen molar-refractivity contribution in [2.24, 2.45) is 5.14 Å². The third kappa shape index (κ3) is 2.28. The van der Waals surface area contributed by atoms with Crippen molar-refractivity contribution in [3.8, 4) is 0 Å². The minimum atomic E-state index is -4.02. The summed E-state index contributed by atoms with van der Waals surface area (Å²) in [5.74, 6) is -0.874. The second-order valence-corrected chi connectivity index (χ2v) is 9.04. The van der Waals surface area contributed by atoms with E-state index in [1.54, 1.807) is 6.92 Å². The molecule has 0 saturated heterocycles. The number of fused-ring (bicyclic) bond motifs is 1. The monoisotopic (exact) mass is 310 g/mol. The minimum absolute atomic E-state index is 0.159. The van der Waals surface area contributed by atoms with E-state index < -0.39 is 31.8 Å². The summed E-state index contributed by atoms with van der Waals surface area (Å²) in [5, 5.41) is 7.40. The molecule has 3 N–H and O–H groups in total. The molecule has 1 amide bonds. The van der Waals surface area contributed by atoms with E-state index in [2.05, 4.69) is 5.32 Å². The van der Waals surface area contributed by atoms with Gasteiger partial charge in [-0.2, -0.15) is 0 Å². The van der Waals surface area contributed by atoms with Crippen LogP contribution in [0.15, 0.2) is 14.5 Å². The van der Waals surface area contributed by atoms with Crippen LogP contribution in [-0.4, -0.2) is 34.5 Å². The average Bonchev–Trinajstić information content (AvgIpc) is 2.56. The van der Waals surface area contributed by atoms with E-state index in [4.69, 9.17) is 5.14 Å². The first kappa shape index (κ1) is 13.5. The number of amides is 1. The fraction of sp³-hybridized carbons (Fsp3) is 0.375. The van der Waals surface area contributed by atoms with Gasteiger partial charge in [-0.05, 0) is 13.0 Å². The zero-order valence-electron chi connectivity index (χ0n) is 9.21. The summed E-state index contributed by atoms with van der Waals surface area (Å²) in [7, 11) is -7.71. The molecule has 0 spiro atoms. The second-order valence-electron chi connectivity index (χ2n) is 3.97. The lowest BCUT2D eigenvalue weighted by atomic mass is 10.3. The molecule has 1 aliphatic rings. The van der Waals surface area contributed by atoms with E-state index >= 15 is 0 Å². The Morgan fingerprint density at radius 1 is 1.50 bits per heavy atom. The Kier molecular flexibility index (Phi) is 3.00. The standard InChI is InChI=1S/C8H10N2O5S3/c1-4-3-17(12,13)8-5(7(11)10-4)2-6(16-8)18(9,14)15/h2,4H,3H2,1H3,(H,10,11)(H2,9,14,15)/t4-/m1/s1. The molecule has 0 aliphatic carbocycles. The molecule has 7 nitrogen and oxygen atoms in total. The molecule has 0 unspecified atom stereocenters. The van der Waals surface area contributed by atoms with Gasteiger partial charge >= 0.3 is 0 Å². The first-order valence-corrected chi connectivity index (χ1v) is 8.83. The molecule has 100 valence electrons. The maximum absolute atomic E-state index is 12.0. The van der Waals surface area contributed by atoms with Crippen molar-refractivity contribution in [2.75, 3.05) is 5.75 Å². The summed E-state index contributed by atoms with van der Waals surface area (Å²) in [6.07, 6.45) is 0. The van der Waals surface area contributed by atoms with E-state index in [0.717, 1.165) is 6.07 Å². The summed E-state index contributed by atoms with van der Waals surface area (Å²) in [6.45, 7) is 1.56. The molecule has 2 rings (SSSR count). The smallest absolute Gasteiger partial charge is 0.253 e. The fourth-order valence-electron chi connectivity index (χ4n) is 1.63. The first-order valence-electron chi connectivity index (χ1n) is 4.81. The molecule has 0 bridgehead atoms. The number of nitrogens with two attached hydrogens (primary N) is 1. The van der Waals surface area contributed by atoms with Gasteiger partial charge in [-0.15, -0.1) is 11.3 Å². The normalized spacial score (nSPS) is 23.0. The summed E-state index contributed by atoms with van der Waals surface area (Å²) in [5.41, 5.74) is -0.159. The van der Waals surface area contributed by atoms with Crippen molar-refractivity contribution in [2.45, 2.75) is 21.4 Å². The first-order chi connectivity index (χ1) is 8.11. The lowest BCUT2D eigenvalue weighted by Gasteiger charge is -2.07. The summed E-state index contributed by atoms with van der Waals surface area (Å²) < 4.78 is 45.7. The molecule has 0 fully saturated rings. The largest absolute Gasteiger partial charge is 0.348 e. The van der Waals surface area contributed by atoms with Crippen LogP contribution in [0.5, 0.6) is 0 Å². The number of carbonyl (C=O) groups excluding carboxylic acids is 1. The molecule has 1 aromatic rings. The Hall–Kier alpha value is -0.970. The van der Waals surface area contributed by atoms with Gasteiger partial charge in [0, 0.05) is 6.04 Å². The third-order valence-electron chi connectivity index (χ3n) is 2.33. The van der Waals surface area contributed by atoms with Gasteiger partial charge in [-0.25, -0.2) is 22.0 Å². The van der Waals surface area contributed by atoms with E-state index in [9.17, 15) is 21.6 Å². The molecule has 1 aliphatic heterocycles. The summed E-state index contributed by atoms with van der Waals surface area (Å²) in [6, 6.07) is 0.473. The highest BCUT2D eigenvalue weighted by molar-refractivity contribution is 7.95. The van der Waals surface area contributed by atoms with Crippen LogP contribution in [0.4, 0.5) is 0 Å². The van der Waals surface area contributed by atoms with Crippen LogP contribution in [0.3, 0.4) is 0 Å². The minimum Gasteiger partial charge on any atom is -0.348 e. The second kappa shape index (κ2) is 4.02. The summed E-state index contributed by atoms with van der Waals surface area (Å²) >= 11 is 0.507. The molecule has 2 heterocycles. The van der Waals surface area contributed by atoms with Crippen molar-refractivity contribution in [1.29, 1.82) is 0 Å². The summed E-state index contributed by atoms with van der Waals surface area (Å²) in [4.78, 5) is 11.7. The van der Waals surface area contributed by atoms with Crippen LogP contribution in [0, 0.1) is 0 Å². The lowest BCUT2D eigenvalue weighted by Crippen LogP contribution is -2.34. The Bertz CT molecular complexity index is 716. The molecule has 10 heteroatoms. The van der Waals surface area contributed by atoms with Gasteiger partial charge < -0.3 is 5.32 Å². The van der Waals surface area contributed by atoms with Crippen molar-refractivity contribution >= 4 is 37.1 Å². The number of hydrogen-bond donors (Lipinski definition) is 2. The van der Waals surface area contributed by atoms with Crippen LogP contribution in [-0.2, 0) is 19.9 Å². The van der Waals surface area contributed by atoms with Gasteiger partial charge in [0.1, 0.15) is 8.42 Å². The topological polar surface area (TPSA) is 123 Å². The Labute approximate surface area is 108 Å². The number of nitrogens with one attached hydrogen (secondary N) is 1. The highest BCUT2D eigenvalue weighted by Gasteiger charge is 2.33. The SMILES string of the molecule is C[C@@H]1CS(=O)(=O)c2sc(S(N)(=O)=O)cc2C(=O)N1. The van der Waals surface area contributed by atoms with Crippen molar-refractivity contribution < 1.29 is 21.6 Å². The lowest BCUT2D eigenvalue weighted by molar-refractivity contribution is 0.0943. The van der Waals surface area contributed by atoms with Crippen LogP contribution < -0.4 is 10.5 Å². The maximum Gasteiger partial charge on any atom is 0.253 e. The number of thiophene rings is 1. The molecule has 0 saturated carbocycles. The van der Waals surface area contributed by atoms with Gasteiger partial charge in [-0.3, -0.25) is 4.79 Å². The zero-order valence-corrected chi connectivity index (χ0v) is 11.7. The van der Waals surface area contributed by atoms with Crippen LogP contribution in [0.1, 0.15) is 17.3 Å². The van der Waals surface area contributed by atoms with E-state index in [1.165, 1.54) is 0 Å². The number of rotatable bonds is 1. The van der Waals surface area contributed by atoms with E-state index in [1.807, 2.05) is 0 Å². The van der Waals surface area contributed by atoms with E-state index in [-0.39, 0.29) is 19.7 Å². The zero-order chi connectivity index (χ0) is 13.7. The predicted octanol–water partition coefficient (Wildman–Crippen LogP) is -0.699. The van der Waals surface area contributed by atoms with Crippen molar-refractivity contribution in [1.82, 2.24) is 5.32 Å². The highest BCUT2D eigenvalue weighted by atomic mass is 32.3. The molecule has 1 aromatic heterocycles. The van der Waals surface area contributed by atoms with E-state index in [0.29, 0.717) is 11.3 Å². The van der Waals surface area contributed by atoms with Gasteiger partial charge in [0.05, 0.1) is 11.3 Å². The Morgan fingerprint density at radius 3 is 2.67 bits per heavy atom. The number of sulfone groups is 1. The van der Waals surface area contributed by atoms with Gasteiger partial charge in [0.15, 0.2) is 9.84 Å². The van der Waals surface area contributed by atoms with Crippen LogP contribution >= 0.6 is 11.3 Å². The number of carbonyl (C=O) groups is 1. The molecule has 0 radical (unpaired) electrons. The van der Waals surface area contributed by atoms with Gasteiger partial charge in [-0.1, -0.05) is 0 Å². The fourth-order valence-corrected chi connectivity index (χ4v) is 5.77. The quantitative estimate of drug-likeness (QED) is 0.710. The average molecular weight is 310 g/mol. The third-order valence-corrected chi connectivity index (χ3v) is 7.42. The molecule has 0 aromatic carbocycles. The van der Waals surface area contributed by atoms with Crippen molar-refractivity contribution in [3.63, 3.8) is 0 Å². The van der Waals surface area contributed by atoms with Gasteiger partial charge in [0.25, 0.3) is 5.91 Å². The van der Waals surface area contributed by atoms with Crippen LogP contribution in [0.2, 0.25) is 0 Å². The highest BCUT2D eigenvalue weighted by Crippen LogP contribution is 2.32. The molecule has 1 atom stereocenters.